The topological polar surface area (TPSA) is 53.1 Å². The first-order valence-corrected chi connectivity index (χ1v) is 12.7. The Bertz CT molecular complexity index is 1130. The van der Waals surface area contributed by atoms with Crippen LogP contribution in [0.4, 0.5) is 17.1 Å². The van der Waals surface area contributed by atoms with Gasteiger partial charge >= 0.3 is 5.69 Å². The molecule has 5 heteroatoms. The minimum Gasteiger partial charge on any atom is -0.363 e. The fourth-order valence-corrected chi connectivity index (χ4v) is 5.82. The molecule has 0 amide bonds. The molecule has 0 unspecified atom stereocenters. The molecule has 0 spiro atoms. The summed E-state index contributed by atoms with van der Waals surface area (Å²) >= 11 is 0. The molecule has 2 N–H and O–H groups in total. The van der Waals surface area contributed by atoms with Crippen LogP contribution in [0.3, 0.4) is 0 Å². The summed E-state index contributed by atoms with van der Waals surface area (Å²) in [5, 5.41) is 3.63. The maximum atomic E-state index is 13.0. The highest BCUT2D eigenvalue weighted by Gasteiger charge is 2.26. The highest BCUT2D eigenvalue weighted by molar-refractivity contribution is 5.90. The van der Waals surface area contributed by atoms with Crippen molar-refractivity contribution < 1.29 is 0 Å². The summed E-state index contributed by atoms with van der Waals surface area (Å²) < 4.78 is 1.99. The zero-order chi connectivity index (χ0) is 22.6. The van der Waals surface area contributed by atoms with E-state index in [0.29, 0.717) is 12.0 Å². The number of fused-ring (bicyclic) bond motifs is 1. The predicted octanol–water partition coefficient (Wildman–Crippen LogP) is 6.59. The van der Waals surface area contributed by atoms with Gasteiger partial charge in [0, 0.05) is 24.8 Å². The summed E-state index contributed by atoms with van der Waals surface area (Å²) in [4.78, 5) is 18.6. The number of imidazole rings is 1. The van der Waals surface area contributed by atoms with Crippen LogP contribution in [0.5, 0.6) is 0 Å². The van der Waals surface area contributed by atoms with Gasteiger partial charge in [-0.05, 0) is 55.9 Å². The molecular weight excluding hydrogens is 408 g/mol. The molecule has 174 valence electrons. The van der Waals surface area contributed by atoms with E-state index < -0.39 is 0 Å². The van der Waals surface area contributed by atoms with Crippen LogP contribution in [0.1, 0.15) is 57.8 Å². The Kier molecular flexibility index (Phi) is 6.56. The molecule has 0 aliphatic heterocycles. The van der Waals surface area contributed by atoms with Crippen molar-refractivity contribution >= 4 is 28.1 Å². The normalized spacial score (nSPS) is 17.5. The lowest BCUT2D eigenvalue weighted by Crippen LogP contribution is -2.34. The number of aromatic nitrogens is 2. The number of anilines is 3. The number of benzene rings is 2. The lowest BCUT2D eigenvalue weighted by atomic mass is 9.89. The van der Waals surface area contributed by atoms with E-state index >= 15 is 0 Å². The molecule has 0 bridgehead atoms. The van der Waals surface area contributed by atoms with Crippen LogP contribution < -0.4 is 15.9 Å². The van der Waals surface area contributed by atoms with Crippen molar-refractivity contribution in [3.05, 3.63) is 65.6 Å². The summed E-state index contributed by atoms with van der Waals surface area (Å²) in [6, 6.07) is 15.2. The minimum atomic E-state index is 0.00882. The molecule has 2 aliphatic rings. The zero-order valence-corrected chi connectivity index (χ0v) is 19.6. The number of para-hydroxylation sites is 1. The highest BCUT2D eigenvalue weighted by atomic mass is 16.1. The lowest BCUT2D eigenvalue weighted by Gasteiger charge is -2.32. The van der Waals surface area contributed by atoms with E-state index in [4.69, 9.17) is 0 Å². The first kappa shape index (κ1) is 21.9. The molecule has 1 heterocycles. The van der Waals surface area contributed by atoms with E-state index in [1.165, 1.54) is 57.8 Å². The molecule has 2 aromatic carbocycles. The Morgan fingerprint density at radius 1 is 1.03 bits per heavy atom. The van der Waals surface area contributed by atoms with E-state index in [-0.39, 0.29) is 5.69 Å². The second-order valence-electron chi connectivity index (χ2n) is 9.80. The van der Waals surface area contributed by atoms with Crippen LogP contribution in [0, 0.1) is 5.92 Å². The van der Waals surface area contributed by atoms with Gasteiger partial charge in [-0.15, -0.1) is 6.58 Å². The van der Waals surface area contributed by atoms with Gasteiger partial charge in [-0.3, -0.25) is 4.57 Å². The van der Waals surface area contributed by atoms with Crippen molar-refractivity contribution in [1.29, 1.82) is 0 Å². The molecular formula is C28H36N4O. The third kappa shape index (κ3) is 4.73. The number of nitrogens with one attached hydrogen (secondary N) is 2. The fourth-order valence-electron chi connectivity index (χ4n) is 5.82. The van der Waals surface area contributed by atoms with Crippen LogP contribution in [0.25, 0.3) is 11.0 Å². The first-order chi connectivity index (χ1) is 16.2. The monoisotopic (exact) mass is 444 g/mol. The average Bonchev–Trinajstić information content (AvgIpc) is 3.47. The Hall–Kier alpha value is -2.95. The minimum absolute atomic E-state index is 0.00882. The molecule has 0 radical (unpaired) electrons. The smallest absolute Gasteiger partial charge is 0.326 e. The molecule has 3 aromatic rings. The Morgan fingerprint density at radius 3 is 2.48 bits per heavy atom. The van der Waals surface area contributed by atoms with Gasteiger partial charge < -0.3 is 15.2 Å². The van der Waals surface area contributed by atoms with Crippen molar-refractivity contribution in [1.82, 2.24) is 9.55 Å². The predicted molar refractivity (Wildman–Crippen MR) is 139 cm³/mol. The van der Waals surface area contributed by atoms with Crippen molar-refractivity contribution in [3.8, 4) is 0 Å². The van der Waals surface area contributed by atoms with Crippen molar-refractivity contribution in [2.45, 2.75) is 70.4 Å². The standard InChI is InChI=1S/C28H36N4O/c1-2-17-31(23-15-9-10-16-23)26-19-27-25(18-24(26)29-22-13-7-4-8-14-22)30-28(33)32(27)20-21-11-5-3-6-12-21/h2,4,7-8,13-14,18-19,21,23,29H,1,3,5-6,9-12,15-17,20H2,(H,30,33). The van der Waals surface area contributed by atoms with E-state index in [9.17, 15) is 4.79 Å². The van der Waals surface area contributed by atoms with Crippen molar-refractivity contribution in [2.24, 2.45) is 5.92 Å². The number of nitrogens with zero attached hydrogens (tertiary/aromatic N) is 2. The van der Waals surface area contributed by atoms with Gasteiger partial charge in [0.25, 0.3) is 0 Å². The molecule has 2 saturated carbocycles. The second kappa shape index (κ2) is 9.90. The first-order valence-electron chi connectivity index (χ1n) is 12.7. The number of hydrogen-bond donors (Lipinski definition) is 2. The Balaban J connectivity index is 1.59. The summed E-state index contributed by atoms with van der Waals surface area (Å²) in [7, 11) is 0. The summed E-state index contributed by atoms with van der Waals surface area (Å²) in [5.41, 5.74) is 5.18. The Morgan fingerprint density at radius 2 is 1.76 bits per heavy atom. The van der Waals surface area contributed by atoms with Gasteiger partial charge in [0.15, 0.2) is 0 Å². The average molecular weight is 445 g/mol. The maximum Gasteiger partial charge on any atom is 0.326 e. The van der Waals surface area contributed by atoms with Gasteiger partial charge in [0.05, 0.1) is 22.4 Å². The number of aromatic amines is 1. The quantitative estimate of drug-likeness (QED) is 0.385. The molecule has 33 heavy (non-hydrogen) atoms. The molecule has 2 fully saturated rings. The van der Waals surface area contributed by atoms with E-state index in [1.807, 2.05) is 28.8 Å². The van der Waals surface area contributed by atoms with Crippen molar-refractivity contribution in [3.63, 3.8) is 0 Å². The third-order valence-electron chi connectivity index (χ3n) is 7.51. The summed E-state index contributed by atoms with van der Waals surface area (Å²) in [6.45, 7) is 5.67. The van der Waals surface area contributed by atoms with Crippen LogP contribution in [0.15, 0.2) is 59.9 Å². The van der Waals surface area contributed by atoms with E-state index in [0.717, 1.165) is 41.2 Å². The van der Waals surface area contributed by atoms with E-state index in [2.05, 4.69) is 46.0 Å². The molecule has 5 nitrogen and oxygen atoms in total. The largest absolute Gasteiger partial charge is 0.363 e. The number of H-pyrrole nitrogens is 1. The molecule has 0 atom stereocenters. The fraction of sp³-hybridized carbons (Fsp3) is 0.464. The van der Waals surface area contributed by atoms with E-state index in [1.54, 1.807) is 0 Å². The lowest BCUT2D eigenvalue weighted by molar-refractivity contribution is 0.319. The zero-order valence-electron chi connectivity index (χ0n) is 19.6. The van der Waals surface area contributed by atoms with Gasteiger partial charge in [-0.2, -0.15) is 0 Å². The van der Waals surface area contributed by atoms with Crippen LogP contribution in [-0.2, 0) is 6.54 Å². The van der Waals surface area contributed by atoms with Crippen LogP contribution >= 0.6 is 0 Å². The van der Waals surface area contributed by atoms with Crippen molar-refractivity contribution in [2.75, 3.05) is 16.8 Å². The second-order valence-corrected chi connectivity index (χ2v) is 9.80. The Labute approximate surface area is 196 Å². The molecule has 1 aromatic heterocycles. The van der Waals surface area contributed by atoms with Gasteiger partial charge in [-0.25, -0.2) is 4.79 Å². The van der Waals surface area contributed by atoms with Gasteiger partial charge in [-0.1, -0.05) is 56.4 Å². The highest BCUT2D eigenvalue weighted by Crippen LogP contribution is 2.37. The number of hydrogen-bond acceptors (Lipinski definition) is 3. The third-order valence-corrected chi connectivity index (χ3v) is 7.51. The van der Waals surface area contributed by atoms with Gasteiger partial charge in [0.1, 0.15) is 0 Å². The van der Waals surface area contributed by atoms with Crippen LogP contribution in [0.2, 0.25) is 0 Å². The SMILES string of the molecule is C=CCN(c1cc2c(cc1Nc1ccccc1)[nH]c(=O)n2CC1CCCCC1)C1CCCC1. The number of rotatable bonds is 8. The molecule has 2 aliphatic carbocycles. The summed E-state index contributed by atoms with van der Waals surface area (Å²) in [6.07, 6.45) is 13.3. The summed E-state index contributed by atoms with van der Waals surface area (Å²) in [5.74, 6) is 0.597. The molecule has 5 rings (SSSR count). The van der Waals surface area contributed by atoms with Crippen LogP contribution in [-0.4, -0.2) is 22.1 Å². The molecule has 0 saturated heterocycles. The maximum absolute atomic E-state index is 13.0. The van der Waals surface area contributed by atoms with Gasteiger partial charge in [0.2, 0.25) is 0 Å².